The first-order valence-electron chi connectivity index (χ1n) is 26.5. The van der Waals surface area contributed by atoms with Crippen molar-refractivity contribution in [2.45, 2.75) is 302 Å². The molecule has 59 heavy (non-hydrogen) atoms. The largest absolute Gasteiger partial charge is 0.466 e. The molecule has 0 aromatic rings. The predicted molar refractivity (Wildman–Crippen MR) is 255 cm³/mol. The number of esters is 1. The Bertz CT molecular complexity index is 878. The van der Waals surface area contributed by atoms with Gasteiger partial charge in [-0.25, -0.2) is 0 Å². The quantitative estimate of drug-likeness (QED) is 0.0322. The normalized spacial score (nSPS) is 12.7. The molecule has 0 rings (SSSR count). The summed E-state index contributed by atoms with van der Waals surface area (Å²) >= 11 is 0. The third-order valence-electron chi connectivity index (χ3n) is 12.3. The van der Waals surface area contributed by atoms with E-state index in [-0.39, 0.29) is 18.5 Å². The van der Waals surface area contributed by atoms with E-state index in [0.717, 1.165) is 44.9 Å². The van der Waals surface area contributed by atoms with Crippen LogP contribution in [0.4, 0.5) is 0 Å². The number of carbonyl (C=O) groups excluding carboxylic acids is 2. The van der Waals surface area contributed by atoms with E-state index in [0.29, 0.717) is 19.4 Å². The van der Waals surface area contributed by atoms with Gasteiger partial charge in [-0.1, -0.05) is 257 Å². The highest BCUT2D eigenvalue weighted by Gasteiger charge is 2.18. The summed E-state index contributed by atoms with van der Waals surface area (Å²) in [5.41, 5.74) is 0. The number of carbonyl (C=O) groups is 2. The van der Waals surface area contributed by atoms with Crippen LogP contribution in [0.5, 0.6) is 0 Å². The molecule has 0 saturated heterocycles. The maximum Gasteiger partial charge on any atom is 0.305 e. The Hall–Kier alpha value is -1.40. The molecular weight excluding hydrogens is 731 g/mol. The highest BCUT2D eigenvalue weighted by atomic mass is 16.5. The van der Waals surface area contributed by atoms with Gasteiger partial charge in [0, 0.05) is 12.8 Å². The Balaban J connectivity index is 3.44. The second kappa shape index (κ2) is 49.3. The third-order valence-corrected chi connectivity index (χ3v) is 12.3. The fraction of sp³-hybridized carbons (Fsp3) is 0.925. The van der Waals surface area contributed by atoms with E-state index in [1.54, 1.807) is 6.08 Å². The molecule has 0 heterocycles. The molecule has 0 bridgehead atoms. The van der Waals surface area contributed by atoms with Crippen molar-refractivity contribution in [3.63, 3.8) is 0 Å². The summed E-state index contributed by atoms with van der Waals surface area (Å²) in [7, 11) is 0. The van der Waals surface area contributed by atoms with E-state index in [4.69, 9.17) is 4.74 Å². The molecule has 6 heteroatoms. The van der Waals surface area contributed by atoms with Crippen molar-refractivity contribution >= 4 is 11.9 Å². The number of allylic oxidation sites excluding steroid dienone is 1. The SMILES string of the molecule is CCCCCCCCCCCCC/C=C/C(O)C(CO)NC(=O)CCCCCCCCCCCCCCCCCOC(=O)CCCCCCCCCCCCCCCC. The van der Waals surface area contributed by atoms with Crippen molar-refractivity contribution in [3.8, 4) is 0 Å². The summed E-state index contributed by atoms with van der Waals surface area (Å²) in [6, 6.07) is -0.632. The van der Waals surface area contributed by atoms with E-state index in [2.05, 4.69) is 19.2 Å². The van der Waals surface area contributed by atoms with Gasteiger partial charge < -0.3 is 20.3 Å². The number of aliphatic hydroxyl groups is 2. The lowest BCUT2D eigenvalue weighted by Gasteiger charge is -2.20. The second-order valence-corrected chi connectivity index (χ2v) is 18.2. The lowest BCUT2D eigenvalue weighted by molar-refractivity contribution is -0.143. The van der Waals surface area contributed by atoms with E-state index in [9.17, 15) is 19.8 Å². The van der Waals surface area contributed by atoms with E-state index >= 15 is 0 Å². The Labute approximate surface area is 368 Å². The molecule has 0 radical (unpaired) electrons. The molecule has 0 aliphatic carbocycles. The van der Waals surface area contributed by atoms with Gasteiger partial charge in [-0.15, -0.1) is 0 Å². The first-order valence-corrected chi connectivity index (χ1v) is 26.5. The zero-order valence-electron chi connectivity index (χ0n) is 39.7. The number of ether oxygens (including phenoxy) is 1. The van der Waals surface area contributed by atoms with Crippen LogP contribution in [0.25, 0.3) is 0 Å². The topological polar surface area (TPSA) is 95.9 Å². The number of aliphatic hydroxyl groups excluding tert-OH is 2. The fourth-order valence-electron chi connectivity index (χ4n) is 8.22. The number of rotatable bonds is 49. The van der Waals surface area contributed by atoms with E-state index < -0.39 is 12.1 Å². The zero-order valence-corrected chi connectivity index (χ0v) is 39.7. The van der Waals surface area contributed by atoms with Gasteiger partial charge in [-0.3, -0.25) is 9.59 Å². The first-order chi connectivity index (χ1) is 29.0. The predicted octanol–water partition coefficient (Wildman–Crippen LogP) is 15.7. The van der Waals surface area contributed by atoms with Crippen LogP contribution < -0.4 is 5.32 Å². The van der Waals surface area contributed by atoms with Crippen LogP contribution in [0.3, 0.4) is 0 Å². The molecule has 0 fully saturated rings. The average Bonchev–Trinajstić information content (AvgIpc) is 3.24. The van der Waals surface area contributed by atoms with E-state index in [1.807, 2.05) is 6.08 Å². The van der Waals surface area contributed by atoms with Crippen molar-refractivity contribution in [1.82, 2.24) is 5.32 Å². The molecule has 0 saturated carbocycles. The Morgan fingerprint density at radius 3 is 1.15 bits per heavy atom. The van der Waals surface area contributed by atoms with E-state index in [1.165, 1.54) is 218 Å². The van der Waals surface area contributed by atoms with Crippen LogP contribution in [0, 0.1) is 0 Å². The summed E-state index contributed by atoms with van der Waals surface area (Å²) in [5.74, 6) is -0.0740. The van der Waals surface area contributed by atoms with Crippen molar-refractivity contribution < 1.29 is 24.5 Å². The third kappa shape index (κ3) is 45.9. The molecule has 0 aromatic heterocycles. The van der Waals surface area contributed by atoms with Crippen molar-refractivity contribution in [1.29, 1.82) is 0 Å². The van der Waals surface area contributed by atoms with Gasteiger partial charge in [0.15, 0.2) is 0 Å². The van der Waals surface area contributed by atoms with Crippen LogP contribution >= 0.6 is 0 Å². The van der Waals surface area contributed by atoms with Crippen LogP contribution in [-0.4, -0.2) is 47.4 Å². The molecule has 2 atom stereocenters. The molecule has 0 aromatic carbocycles. The van der Waals surface area contributed by atoms with Crippen LogP contribution in [-0.2, 0) is 14.3 Å². The molecular formula is C53H103NO5. The number of hydrogen-bond donors (Lipinski definition) is 3. The highest BCUT2D eigenvalue weighted by molar-refractivity contribution is 5.76. The Morgan fingerprint density at radius 2 is 0.780 bits per heavy atom. The Morgan fingerprint density at radius 1 is 0.458 bits per heavy atom. The molecule has 1 amide bonds. The number of unbranched alkanes of at least 4 members (excludes halogenated alkanes) is 38. The van der Waals surface area contributed by atoms with Gasteiger partial charge in [0.25, 0.3) is 0 Å². The van der Waals surface area contributed by atoms with Gasteiger partial charge in [0.1, 0.15) is 0 Å². The molecule has 2 unspecified atom stereocenters. The van der Waals surface area contributed by atoms with Crippen LogP contribution in [0.1, 0.15) is 290 Å². The van der Waals surface area contributed by atoms with Gasteiger partial charge in [0.2, 0.25) is 5.91 Å². The standard InChI is InChI=1S/C53H103NO5/c1-3-5-7-9-11-13-15-17-23-27-31-35-39-43-47-53(58)59-48-44-40-36-32-28-24-20-18-19-22-26-30-34-38-42-46-52(57)54-50(49-55)51(56)45-41-37-33-29-25-21-16-14-12-10-8-6-4-2/h41,45,50-51,55-56H,3-40,42-44,46-49H2,1-2H3,(H,54,57)/b45-41+. The molecule has 0 spiro atoms. The molecule has 0 aliphatic rings. The zero-order chi connectivity index (χ0) is 43.0. The maximum absolute atomic E-state index is 12.4. The molecule has 350 valence electrons. The second-order valence-electron chi connectivity index (χ2n) is 18.2. The smallest absolute Gasteiger partial charge is 0.305 e. The van der Waals surface area contributed by atoms with Crippen molar-refractivity contribution in [2.24, 2.45) is 0 Å². The lowest BCUT2D eigenvalue weighted by atomic mass is 10.0. The van der Waals surface area contributed by atoms with Gasteiger partial charge in [-0.2, -0.15) is 0 Å². The minimum atomic E-state index is -0.848. The number of nitrogens with one attached hydrogen (secondary N) is 1. The summed E-state index contributed by atoms with van der Waals surface area (Å²) in [6.07, 6.45) is 56.4. The summed E-state index contributed by atoms with van der Waals surface area (Å²) in [6.45, 7) is 4.89. The highest BCUT2D eigenvalue weighted by Crippen LogP contribution is 2.16. The average molecular weight is 834 g/mol. The molecule has 3 N–H and O–H groups in total. The van der Waals surface area contributed by atoms with Gasteiger partial charge in [0.05, 0.1) is 25.4 Å². The number of amides is 1. The lowest BCUT2D eigenvalue weighted by Crippen LogP contribution is -2.45. The number of hydrogen-bond acceptors (Lipinski definition) is 5. The maximum atomic E-state index is 12.4. The minimum absolute atomic E-state index is 0.00187. The Kier molecular flexibility index (Phi) is 48.1. The molecule has 6 nitrogen and oxygen atoms in total. The fourth-order valence-corrected chi connectivity index (χ4v) is 8.22. The van der Waals surface area contributed by atoms with Gasteiger partial charge in [-0.05, 0) is 32.1 Å². The first kappa shape index (κ1) is 57.6. The summed E-state index contributed by atoms with van der Waals surface area (Å²) < 4.78 is 5.47. The van der Waals surface area contributed by atoms with Crippen molar-refractivity contribution in [2.75, 3.05) is 13.2 Å². The van der Waals surface area contributed by atoms with Crippen LogP contribution in [0.2, 0.25) is 0 Å². The van der Waals surface area contributed by atoms with Gasteiger partial charge >= 0.3 is 5.97 Å². The van der Waals surface area contributed by atoms with Crippen molar-refractivity contribution in [3.05, 3.63) is 12.2 Å². The molecule has 0 aliphatic heterocycles. The minimum Gasteiger partial charge on any atom is -0.466 e. The summed E-state index contributed by atoms with van der Waals surface area (Å²) in [5, 5.41) is 23.0. The van der Waals surface area contributed by atoms with Crippen LogP contribution in [0.15, 0.2) is 12.2 Å². The summed E-state index contributed by atoms with van der Waals surface area (Å²) in [4.78, 5) is 24.4. The monoisotopic (exact) mass is 834 g/mol.